The van der Waals surface area contributed by atoms with E-state index in [1.54, 1.807) is 6.20 Å². The zero-order chi connectivity index (χ0) is 19.2. The highest BCUT2D eigenvalue weighted by Crippen LogP contribution is 2.26. The molecular formula is C22H34N4O2. The Labute approximate surface area is 168 Å². The molecule has 3 aliphatic heterocycles. The maximum Gasteiger partial charge on any atom is 0.223 e. The average molecular weight is 387 g/mol. The third kappa shape index (κ3) is 5.10. The number of carbonyl (C=O) groups is 1. The summed E-state index contributed by atoms with van der Waals surface area (Å²) >= 11 is 0. The van der Waals surface area contributed by atoms with Crippen molar-refractivity contribution < 1.29 is 9.53 Å². The predicted molar refractivity (Wildman–Crippen MR) is 109 cm³/mol. The van der Waals surface area contributed by atoms with Crippen LogP contribution in [-0.2, 0) is 16.1 Å². The number of likely N-dealkylation sites (tertiary alicyclic amines) is 2. The minimum Gasteiger partial charge on any atom is -0.381 e. The highest BCUT2D eigenvalue weighted by molar-refractivity contribution is 5.78. The lowest BCUT2D eigenvalue weighted by Crippen LogP contribution is -2.51. The Morgan fingerprint density at radius 2 is 1.64 bits per heavy atom. The molecule has 0 unspecified atom stereocenters. The fourth-order valence-corrected chi connectivity index (χ4v) is 5.03. The van der Waals surface area contributed by atoms with E-state index in [0.717, 1.165) is 50.8 Å². The highest BCUT2D eigenvalue weighted by Gasteiger charge is 2.32. The molecule has 0 bridgehead atoms. The number of carbonyl (C=O) groups excluding carboxylic acids is 1. The fourth-order valence-electron chi connectivity index (χ4n) is 5.03. The van der Waals surface area contributed by atoms with E-state index in [0.29, 0.717) is 12.6 Å². The lowest BCUT2D eigenvalue weighted by atomic mass is 9.92. The van der Waals surface area contributed by atoms with Gasteiger partial charge in [-0.3, -0.25) is 9.78 Å². The van der Waals surface area contributed by atoms with Crippen LogP contribution in [0.15, 0.2) is 24.5 Å². The SMILES string of the molecule is O=C(NCc1cccnc1)C1CCN(C2CCN(C3CCOCC3)CC2)CC1. The lowest BCUT2D eigenvalue weighted by Gasteiger charge is -2.44. The summed E-state index contributed by atoms with van der Waals surface area (Å²) in [5.74, 6) is 0.369. The number of nitrogens with zero attached hydrogens (tertiary/aromatic N) is 3. The number of piperidine rings is 2. The molecular weight excluding hydrogens is 352 g/mol. The van der Waals surface area contributed by atoms with Gasteiger partial charge in [0.05, 0.1) is 0 Å². The van der Waals surface area contributed by atoms with E-state index >= 15 is 0 Å². The van der Waals surface area contributed by atoms with Crippen molar-refractivity contribution in [1.29, 1.82) is 0 Å². The second-order valence-corrected chi connectivity index (χ2v) is 8.50. The molecule has 0 radical (unpaired) electrons. The molecule has 1 amide bonds. The molecule has 154 valence electrons. The number of nitrogens with one attached hydrogen (secondary N) is 1. The predicted octanol–water partition coefficient (Wildman–Crippen LogP) is 2.05. The fraction of sp³-hybridized carbons (Fsp3) is 0.727. The van der Waals surface area contributed by atoms with Gasteiger partial charge in [0, 0.05) is 50.2 Å². The Balaban J connectivity index is 1.17. The number of hydrogen-bond acceptors (Lipinski definition) is 5. The molecule has 6 nitrogen and oxygen atoms in total. The van der Waals surface area contributed by atoms with Crippen molar-refractivity contribution in [2.24, 2.45) is 5.92 Å². The maximum absolute atomic E-state index is 12.5. The minimum absolute atomic E-state index is 0.162. The molecule has 1 aromatic heterocycles. The summed E-state index contributed by atoms with van der Waals surface area (Å²) < 4.78 is 5.51. The van der Waals surface area contributed by atoms with Crippen molar-refractivity contribution in [3.8, 4) is 0 Å². The van der Waals surface area contributed by atoms with E-state index in [1.807, 2.05) is 18.3 Å². The summed E-state index contributed by atoms with van der Waals surface area (Å²) in [7, 11) is 0. The van der Waals surface area contributed by atoms with Gasteiger partial charge in [0.15, 0.2) is 0 Å². The molecule has 0 aromatic carbocycles. The molecule has 0 atom stereocenters. The van der Waals surface area contributed by atoms with Crippen LogP contribution in [0.4, 0.5) is 0 Å². The molecule has 3 saturated heterocycles. The van der Waals surface area contributed by atoms with Crippen molar-refractivity contribution in [1.82, 2.24) is 20.1 Å². The number of amides is 1. The van der Waals surface area contributed by atoms with E-state index in [2.05, 4.69) is 20.1 Å². The van der Waals surface area contributed by atoms with Crippen LogP contribution in [-0.4, -0.2) is 72.2 Å². The van der Waals surface area contributed by atoms with Crippen molar-refractivity contribution in [3.05, 3.63) is 30.1 Å². The third-order valence-electron chi connectivity index (χ3n) is 6.81. The molecule has 0 aliphatic carbocycles. The third-order valence-corrected chi connectivity index (χ3v) is 6.81. The van der Waals surface area contributed by atoms with Gasteiger partial charge >= 0.3 is 0 Å². The lowest BCUT2D eigenvalue weighted by molar-refractivity contribution is -0.126. The van der Waals surface area contributed by atoms with E-state index in [9.17, 15) is 4.79 Å². The van der Waals surface area contributed by atoms with Crippen molar-refractivity contribution in [2.75, 3.05) is 39.4 Å². The molecule has 3 fully saturated rings. The van der Waals surface area contributed by atoms with Crippen molar-refractivity contribution in [2.45, 2.75) is 57.2 Å². The van der Waals surface area contributed by atoms with Crippen LogP contribution in [0, 0.1) is 5.92 Å². The molecule has 28 heavy (non-hydrogen) atoms. The summed E-state index contributed by atoms with van der Waals surface area (Å²) in [4.78, 5) is 21.9. The summed E-state index contributed by atoms with van der Waals surface area (Å²) in [6.45, 7) is 7.01. The average Bonchev–Trinajstić information content (AvgIpc) is 2.79. The van der Waals surface area contributed by atoms with Gasteiger partial charge in [0.25, 0.3) is 0 Å². The number of ether oxygens (including phenoxy) is 1. The molecule has 1 aromatic rings. The van der Waals surface area contributed by atoms with Gasteiger partial charge in [0.1, 0.15) is 0 Å². The maximum atomic E-state index is 12.5. The number of hydrogen-bond donors (Lipinski definition) is 1. The van der Waals surface area contributed by atoms with Crippen LogP contribution < -0.4 is 5.32 Å². The molecule has 4 heterocycles. The normalized spacial score (nSPS) is 24.3. The molecule has 4 rings (SSSR count). The Kier molecular flexibility index (Phi) is 6.94. The Morgan fingerprint density at radius 3 is 2.29 bits per heavy atom. The zero-order valence-corrected chi connectivity index (χ0v) is 16.9. The van der Waals surface area contributed by atoms with Gasteiger partial charge in [0.2, 0.25) is 5.91 Å². The second-order valence-electron chi connectivity index (χ2n) is 8.50. The first-order chi connectivity index (χ1) is 13.8. The standard InChI is InChI=1S/C22H34N4O2/c27-22(24-17-18-2-1-9-23-16-18)19-3-10-25(11-4-19)20-5-12-26(13-6-20)21-7-14-28-15-8-21/h1-2,9,16,19-21H,3-8,10-15,17H2,(H,24,27). The molecule has 1 N–H and O–H groups in total. The minimum atomic E-state index is 0.162. The van der Waals surface area contributed by atoms with Crippen LogP contribution in [0.2, 0.25) is 0 Å². The van der Waals surface area contributed by atoms with Crippen molar-refractivity contribution in [3.63, 3.8) is 0 Å². The quantitative estimate of drug-likeness (QED) is 0.839. The molecule has 0 spiro atoms. The van der Waals surface area contributed by atoms with Crippen LogP contribution >= 0.6 is 0 Å². The second kappa shape index (κ2) is 9.81. The first kappa shape index (κ1) is 19.8. The van der Waals surface area contributed by atoms with Crippen LogP contribution in [0.1, 0.15) is 44.1 Å². The molecule has 0 saturated carbocycles. The van der Waals surface area contributed by atoms with Crippen LogP contribution in [0.3, 0.4) is 0 Å². The van der Waals surface area contributed by atoms with Crippen LogP contribution in [0.25, 0.3) is 0 Å². The van der Waals surface area contributed by atoms with Gasteiger partial charge < -0.3 is 19.9 Å². The van der Waals surface area contributed by atoms with E-state index < -0.39 is 0 Å². The monoisotopic (exact) mass is 386 g/mol. The van der Waals surface area contributed by atoms with E-state index in [1.165, 1.54) is 38.8 Å². The van der Waals surface area contributed by atoms with Gasteiger partial charge in [-0.2, -0.15) is 0 Å². The van der Waals surface area contributed by atoms with Gasteiger partial charge in [-0.05, 0) is 76.3 Å². The summed E-state index contributed by atoms with van der Waals surface area (Å²) in [5, 5.41) is 3.09. The first-order valence-electron chi connectivity index (χ1n) is 11.0. The number of aromatic nitrogens is 1. The summed E-state index contributed by atoms with van der Waals surface area (Å²) in [6, 6.07) is 5.36. The van der Waals surface area contributed by atoms with E-state index in [4.69, 9.17) is 4.74 Å². The van der Waals surface area contributed by atoms with E-state index in [-0.39, 0.29) is 11.8 Å². The van der Waals surface area contributed by atoms with Crippen LogP contribution in [0.5, 0.6) is 0 Å². The largest absolute Gasteiger partial charge is 0.381 e. The first-order valence-corrected chi connectivity index (χ1v) is 11.0. The van der Waals surface area contributed by atoms with Crippen molar-refractivity contribution >= 4 is 5.91 Å². The van der Waals surface area contributed by atoms with Gasteiger partial charge in [-0.15, -0.1) is 0 Å². The van der Waals surface area contributed by atoms with Gasteiger partial charge in [-0.25, -0.2) is 0 Å². The topological polar surface area (TPSA) is 57.7 Å². The number of pyridine rings is 1. The summed E-state index contributed by atoms with van der Waals surface area (Å²) in [6.07, 6.45) is 10.5. The molecule has 6 heteroatoms. The smallest absolute Gasteiger partial charge is 0.223 e. The molecule has 3 aliphatic rings. The number of rotatable bonds is 5. The Bertz CT molecular complexity index is 604. The summed E-state index contributed by atoms with van der Waals surface area (Å²) in [5.41, 5.74) is 1.06. The van der Waals surface area contributed by atoms with Gasteiger partial charge in [-0.1, -0.05) is 6.07 Å². The highest BCUT2D eigenvalue weighted by atomic mass is 16.5. The Hall–Kier alpha value is -1.50. The Morgan fingerprint density at radius 1 is 1.00 bits per heavy atom. The zero-order valence-electron chi connectivity index (χ0n) is 16.9.